The zero-order valence-electron chi connectivity index (χ0n) is 11.4. The van der Waals surface area contributed by atoms with E-state index in [-0.39, 0.29) is 17.6 Å². The topological polar surface area (TPSA) is 61.2 Å². The molecule has 5 heteroatoms. The molecule has 0 atom stereocenters. The lowest BCUT2D eigenvalue weighted by Gasteiger charge is -2.29. The largest absolute Gasteiger partial charge is 0.343 e. The number of nitriles is 1. The van der Waals surface area contributed by atoms with Gasteiger partial charge in [-0.25, -0.2) is 0 Å². The number of hydrogen-bond donors (Lipinski definition) is 0. The summed E-state index contributed by atoms with van der Waals surface area (Å²) >= 11 is 1.45. The molecule has 1 aromatic heterocycles. The van der Waals surface area contributed by atoms with Crippen LogP contribution < -0.4 is 0 Å². The monoisotopic (exact) mass is 290 g/mol. The van der Waals surface area contributed by atoms with Crippen molar-refractivity contribution in [3.63, 3.8) is 0 Å². The lowest BCUT2D eigenvalue weighted by molar-refractivity contribution is -0.132. The number of thiophene rings is 1. The highest BCUT2D eigenvalue weighted by molar-refractivity contribution is 7.12. The van der Waals surface area contributed by atoms with E-state index in [1.54, 1.807) is 0 Å². The Hall–Kier alpha value is -1.67. The van der Waals surface area contributed by atoms with Crippen LogP contribution in [0.3, 0.4) is 0 Å². The molecule has 1 saturated heterocycles. The van der Waals surface area contributed by atoms with Crippen LogP contribution in [0, 0.1) is 17.2 Å². The van der Waals surface area contributed by atoms with Crippen LogP contribution in [0.25, 0.3) is 0 Å². The van der Waals surface area contributed by atoms with E-state index in [0.29, 0.717) is 32.4 Å². The molecule has 0 unspecified atom stereocenters. The molecule has 0 aliphatic carbocycles. The van der Waals surface area contributed by atoms with Crippen LogP contribution in [-0.4, -0.2) is 29.7 Å². The SMILES string of the molecule is N#CC1CCN(C(=O)CCCC(=O)c2cccs2)CC1. The molecule has 2 heterocycles. The van der Waals surface area contributed by atoms with Crippen molar-refractivity contribution in [2.24, 2.45) is 5.92 Å². The fourth-order valence-corrected chi connectivity index (χ4v) is 3.07. The first kappa shape index (κ1) is 14.7. The van der Waals surface area contributed by atoms with Crippen LogP contribution in [0.1, 0.15) is 41.8 Å². The molecule has 1 aliphatic heterocycles. The Kier molecular flexibility index (Phi) is 5.31. The van der Waals surface area contributed by atoms with Gasteiger partial charge in [0.05, 0.1) is 10.9 Å². The van der Waals surface area contributed by atoms with E-state index in [0.717, 1.165) is 17.7 Å². The van der Waals surface area contributed by atoms with E-state index in [2.05, 4.69) is 6.07 Å². The molecule has 0 bridgehead atoms. The number of ketones is 1. The van der Waals surface area contributed by atoms with Gasteiger partial charge in [0.2, 0.25) is 5.91 Å². The zero-order chi connectivity index (χ0) is 14.4. The van der Waals surface area contributed by atoms with Crippen molar-refractivity contribution in [2.45, 2.75) is 32.1 Å². The summed E-state index contributed by atoms with van der Waals surface area (Å²) in [6.07, 6.45) is 3.01. The molecular formula is C15H18N2O2S. The van der Waals surface area contributed by atoms with Gasteiger partial charge in [0.15, 0.2) is 5.78 Å². The molecule has 20 heavy (non-hydrogen) atoms. The van der Waals surface area contributed by atoms with Gasteiger partial charge >= 0.3 is 0 Å². The van der Waals surface area contributed by atoms with Gasteiger partial charge in [-0.2, -0.15) is 5.26 Å². The summed E-state index contributed by atoms with van der Waals surface area (Å²) in [7, 11) is 0. The Morgan fingerprint density at radius 1 is 1.35 bits per heavy atom. The second-order valence-electron chi connectivity index (χ2n) is 5.04. The van der Waals surface area contributed by atoms with E-state index in [9.17, 15) is 9.59 Å². The molecule has 1 aliphatic rings. The second-order valence-corrected chi connectivity index (χ2v) is 5.99. The maximum absolute atomic E-state index is 12.0. The highest BCUT2D eigenvalue weighted by Gasteiger charge is 2.22. The first-order chi connectivity index (χ1) is 9.70. The fourth-order valence-electron chi connectivity index (χ4n) is 2.38. The number of nitrogens with zero attached hydrogens (tertiary/aromatic N) is 2. The quantitative estimate of drug-likeness (QED) is 0.783. The maximum atomic E-state index is 12.0. The third kappa shape index (κ3) is 3.91. The van der Waals surface area contributed by atoms with Crippen molar-refractivity contribution < 1.29 is 9.59 Å². The molecule has 0 aromatic carbocycles. The Morgan fingerprint density at radius 2 is 2.10 bits per heavy atom. The Morgan fingerprint density at radius 3 is 2.70 bits per heavy atom. The zero-order valence-corrected chi connectivity index (χ0v) is 12.2. The molecule has 1 fully saturated rings. The lowest BCUT2D eigenvalue weighted by Crippen LogP contribution is -2.38. The summed E-state index contributed by atoms with van der Waals surface area (Å²) < 4.78 is 0. The number of carbonyl (C=O) groups is 2. The van der Waals surface area contributed by atoms with Crippen LogP contribution >= 0.6 is 11.3 Å². The minimum atomic E-state index is 0.0967. The number of rotatable bonds is 5. The molecule has 1 amide bonds. The van der Waals surface area contributed by atoms with Crippen LogP contribution in [0.5, 0.6) is 0 Å². The van der Waals surface area contributed by atoms with Crippen LogP contribution in [0.2, 0.25) is 0 Å². The summed E-state index contributed by atoms with van der Waals surface area (Å²) in [4.78, 5) is 26.4. The first-order valence-electron chi connectivity index (χ1n) is 6.95. The highest BCUT2D eigenvalue weighted by Crippen LogP contribution is 2.18. The van der Waals surface area contributed by atoms with E-state index >= 15 is 0 Å². The van der Waals surface area contributed by atoms with Gasteiger partial charge in [0, 0.05) is 31.8 Å². The van der Waals surface area contributed by atoms with Crippen molar-refractivity contribution in [3.8, 4) is 6.07 Å². The minimum absolute atomic E-state index is 0.0967. The standard InChI is InChI=1S/C15H18N2O2S/c16-11-12-6-8-17(9-7-12)15(19)5-1-3-13(18)14-4-2-10-20-14/h2,4,10,12H,1,3,5-9H2. The number of carbonyl (C=O) groups excluding carboxylic acids is 2. The summed E-state index contributed by atoms with van der Waals surface area (Å²) in [5.41, 5.74) is 0. The van der Waals surface area contributed by atoms with Gasteiger partial charge in [-0.1, -0.05) is 6.07 Å². The molecular weight excluding hydrogens is 272 g/mol. The normalized spacial score (nSPS) is 15.8. The number of likely N-dealkylation sites (tertiary alicyclic amines) is 1. The first-order valence-corrected chi connectivity index (χ1v) is 7.83. The van der Waals surface area contributed by atoms with Crippen molar-refractivity contribution in [2.75, 3.05) is 13.1 Å². The Balaban J connectivity index is 1.68. The van der Waals surface area contributed by atoms with Gasteiger partial charge in [0.25, 0.3) is 0 Å². The van der Waals surface area contributed by atoms with Gasteiger partial charge in [-0.05, 0) is 30.7 Å². The highest BCUT2D eigenvalue weighted by atomic mass is 32.1. The number of Topliss-reactive ketones (excluding diaryl/α,β-unsaturated/α-hetero) is 1. The number of hydrogen-bond acceptors (Lipinski definition) is 4. The summed E-state index contributed by atoms with van der Waals surface area (Å²) in [5.74, 6) is 0.329. The Bertz CT molecular complexity index is 496. The summed E-state index contributed by atoms with van der Waals surface area (Å²) in [6, 6.07) is 5.94. The Labute approximate surface area is 123 Å². The molecule has 2 rings (SSSR count). The minimum Gasteiger partial charge on any atom is -0.343 e. The van der Waals surface area contributed by atoms with Crippen LogP contribution in [0.4, 0.5) is 0 Å². The van der Waals surface area contributed by atoms with Crippen LogP contribution in [-0.2, 0) is 4.79 Å². The molecule has 0 N–H and O–H groups in total. The summed E-state index contributed by atoms with van der Waals surface area (Å²) in [6.45, 7) is 1.35. The predicted octanol–water partition coefficient (Wildman–Crippen LogP) is 2.86. The average Bonchev–Trinajstić information content (AvgIpc) is 3.01. The number of piperidine rings is 1. The van der Waals surface area contributed by atoms with E-state index in [4.69, 9.17) is 5.26 Å². The van der Waals surface area contributed by atoms with Crippen molar-refractivity contribution in [1.82, 2.24) is 4.90 Å². The third-order valence-corrected chi connectivity index (χ3v) is 4.53. The van der Waals surface area contributed by atoms with E-state index in [1.165, 1.54) is 11.3 Å². The molecule has 0 spiro atoms. The fraction of sp³-hybridized carbons (Fsp3) is 0.533. The van der Waals surface area contributed by atoms with Gasteiger partial charge in [-0.3, -0.25) is 9.59 Å². The van der Waals surface area contributed by atoms with Crippen molar-refractivity contribution in [3.05, 3.63) is 22.4 Å². The van der Waals surface area contributed by atoms with E-state index in [1.807, 2.05) is 22.4 Å². The van der Waals surface area contributed by atoms with Crippen LogP contribution in [0.15, 0.2) is 17.5 Å². The maximum Gasteiger partial charge on any atom is 0.222 e. The van der Waals surface area contributed by atoms with E-state index < -0.39 is 0 Å². The molecule has 1 aromatic rings. The van der Waals surface area contributed by atoms with Crippen molar-refractivity contribution in [1.29, 1.82) is 5.26 Å². The van der Waals surface area contributed by atoms with Crippen molar-refractivity contribution >= 4 is 23.0 Å². The third-order valence-electron chi connectivity index (χ3n) is 3.62. The van der Waals surface area contributed by atoms with Gasteiger partial charge in [-0.15, -0.1) is 11.3 Å². The molecule has 0 saturated carbocycles. The molecule has 106 valence electrons. The smallest absolute Gasteiger partial charge is 0.222 e. The molecule has 4 nitrogen and oxygen atoms in total. The van der Waals surface area contributed by atoms with Gasteiger partial charge < -0.3 is 4.90 Å². The summed E-state index contributed by atoms with van der Waals surface area (Å²) in [5, 5.41) is 10.7. The number of amides is 1. The second kappa shape index (κ2) is 7.20. The average molecular weight is 290 g/mol. The molecule has 0 radical (unpaired) electrons. The predicted molar refractivity (Wildman–Crippen MR) is 77.4 cm³/mol. The van der Waals surface area contributed by atoms with Gasteiger partial charge in [0.1, 0.15) is 0 Å². The lowest BCUT2D eigenvalue weighted by atomic mass is 9.98.